The molecule has 8 nitrogen and oxygen atoms in total. The van der Waals surface area contributed by atoms with Gasteiger partial charge in [0, 0.05) is 25.5 Å². The van der Waals surface area contributed by atoms with Crippen LogP contribution < -0.4 is 5.32 Å². The number of nitrogens with one attached hydrogen (secondary N) is 1. The molecule has 1 amide bonds. The molecular formula is C19H25N3O5. The molecule has 1 aromatic heterocycles. The summed E-state index contributed by atoms with van der Waals surface area (Å²) >= 11 is 0. The smallest absolute Gasteiger partial charge is 0.433 e. The number of imidazole rings is 1. The second kappa shape index (κ2) is 10.3. The average molecular weight is 375 g/mol. The van der Waals surface area contributed by atoms with Crippen LogP contribution in [0.25, 0.3) is 0 Å². The van der Waals surface area contributed by atoms with Crippen LogP contribution in [0.3, 0.4) is 0 Å². The van der Waals surface area contributed by atoms with E-state index in [0.717, 1.165) is 12.1 Å². The molecule has 0 aliphatic carbocycles. The quantitative estimate of drug-likeness (QED) is 0.484. The van der Waals surface area contributed by atoms with Crippen molar-refractivity contribution >= 4 is 12.1 Å². The predicted molar refractivity (Wildman–Crippen MR) is 97.6 cm³/mol. The third kappa shape index (κ3) is 6.74. The summed E-state index contributed by atoms with van der Waals surface area (Å²) in [7, 11) is 0. The van der Waals surface area contributed by atoms with Crippen LogP contribution in [0.4, 0.5) is 4.79 Å². The first-order chi connectivity index (χ1) is 13.0. The van der Waals surface area contributed by atoms with E-state index in [1.54, 1.807) is 12.5 Å². The summed E-state index contributed by atoms with van der Waals surface area (Å²) in [6, 6.07) is 9.18. The lowest BCUT2D eigenvalue weighted by atomic mass is 9.92. The van der Waals surface area contributed by atoms with E-state index in [0.29, 0.717) is 13.0 Å². The SMILES string of the molecule is CC(CO)(COC(=O)OCc1ccccc1)C(=O)NCCCn1ccnc1. The first kappa shape index (κ1) is 20.4. The van der Waals surface area contributed by atoms with Crippen LogP contribution in [-0.2, 0) is 27.4 Å². The maximum Gasteiger partial charge on any atom is 0.508 e. The highest BCUT2D eigenvalue weighted by molar-refractivity contribution is 5.82. The lowest BCUT2D eigenvalue weighted by Crippen LogP contribution is -2.45. The number of benzene rings is 1. The fraction of sp³-hybridized carbons (Fsp3) is 0.421. The molecule has 0 fully saturated rings. The van der Waals surface area contributed by atoms with Crippen LogP contribution in [0.15, 0.2) is 49.1 Å². The summed E-state index contributed by atoms with van der Waals surface area (Å²) in [5.41, 5.74) is -0.407. The van der Waals surface area contributed by atoms with Gasteiger partial charge in [-0.05, 0) is 18.9 Å². The molecule has 1 unspecified atom stereocenters. The zero-order valence-electron chi connectivity index (χ0n) is 15.3. The van der Waals surface area contributed by atoms with E-state index in [2.05, 4.69) is 10.3 Å². The summed E-state index contributed by atoms with van der Waals surface area (Å²) in [4.78, 5) is 28.0. The minimum atomic E-state index is -1.24. The van der Waals surface area contributed by atoms with Gasteiger partial charge in [-0.2, -0.15) is 0 Å². The number of nitrogens with zero attached hydrogens (tertiary/aromatic N) is 2. The second-order valence-corrected chi connectivity index (χ2v) is 6.44. The zero-order valence-corrected chi connectivity index (χ0v) is 15.3. The van der Waals surface area contributed by atoms with Crippen molar-refractivity contribution in [3.8, 4) is 0 Å². The van der Waals surface area contributed by atoms with Gasteiger partial charge >= 0.3 is 6.16 Å². The van der Waals surface area contributed by atoms with Crippen LogP contribution in [0.2, 0.25) is 0 Å². The summed E-state index contributed by atoms with van der Waals surface area (Å²) in [5.74, 6) is -0.383. The van der Waals surface area contributed by atoms with Gasteiger partial charge in [0.15, 0.2) is 0 Å². The number of amides is 1. The Hall–Kier alpha value is -2.87. The lowest BCUT2D eigenvalue weighted by Gasteiger charge is -2.25. The number of aromatic nitrogens is 2. The minimum Gasteiger partial charge on any atom is -0.433 e. The largest absolute Gasteiger partial charge is 0.508 e. The average Bonchev–Trinajstić information content (AvgIpc) is 3.22. The molecule has 1 aromatic carbocycles. The molecule has 1 heterocycles. The Kier molecular flexibility index (Phi) is 7.81. The molecule has 0 aliphatic rings. The van der Waals surface area contributed by atoms with Crippen LogP contribution >= 0.6 is 0 Å². The van der Waals surface area contributed by atoms with Crippen molar-refractivity contribution in [2.45, 2.75) is 26.5 Å². The molecule has 0 radical (unpaired) electrons. The maximum atomic E-state index is 12.3. The number of ether oxygens (including phenoxy) is 2. The van der Waals surface area contributed by atoms with Crippen LogP contribution in [0.1, 0.15) is 18.9 Å². The van der Waals surface area contributed by atoms with E-state index in [4.69, 9.17) is 9.47 Å². The van der Waals surface area contributed by atoms with Gasteiger partial charge in [0.05, 0.1) is 12.9 Å². The molecule has 8 heteroatoms. The Morgan fingerprint density at radius 1 is 1.26 bits per heavy atom. The van der Waals surface area contributed by atoms with Gasteiger partial charge in [-0.3, -0.25) is 4.79 Å². The molecule has 0 aliphatic heterocycles. The standard InChI is InChI=1S/C19H25N3O5/c1-19(13-23,17(24)21-8-5-10-22-11-9-20-15-22)14-27-18(25)26-12-16-6-3-2-4-7-16/h2-4,6-7,9,11,15,23H,5,8,10,12-14H2,1H3,(H,21,24). The molecule has 0 bridgehead atoms. The highest BCUT2D eigenvalue weighted by Crippen LogP contribution is 2.17. The van der Waals surface area contributed by atoms with E-state index in [1.165, 1.54) is 6.92 Å². The molecule has 0 saturated heterocycles. The Morgan fingerprint density at radius 3 is 2.70 bits per heavy atom. The molecule has 2 aromatic rings. The van der Waals surface area contributed by atoms with Crippen LogP contribution in [-0.4, -0.2) is 46.5 Å². The van der Waals surface area contributed by atoms with Crippen molar-refractivity contribution in [2.24, 2.45) is 5.41 Å². The number of aliphatic hydroxyl groups excluding tert-OH is 1. The number of carbonyl (C=O) groups is 2. The molecule has 0 saturated carbocycles. The second-order valence-electron chi connectivity index (χ2n) is 6.44. The Morgan fingerprint density at radius 2 is 2.04 bits per heavy atom. The molecule has 146 valence electrons. The normalized spacial score (nSPS) is 12.8. The highest BCUT2D eigenvalue weighted by Gasteiger charge is 2.34. The van der Waals surface area contributed by atoms with Crippen LogP contribution in [0.5, 0.6) is 0 Å². The third-order valence-electron chi connectivity index (χ3n) is 4.04. The lowest BCUT2D eigenvalue weighted by molar-refractivity contribution is -0.135. The fourth-order valence-electron chi connectivity index (χ4n) is 2.26. The maximum absolute atomic E-state index is 12.3. The Labute approximate surface area is 158 Å². The van der Waals surface area contributed by atoms with E-state index < -0.39 is 18.2 Å². The van der Waals surface area contributed by atoms with Gasteiger partial charge in [0.25, 0.3) is 0 Å². The summed E-state index contributed by atoms with van der Waals surface area (Å²) in [6.45, 7) is 2.04. The number of aryl methyl sites for hydroxylation is 1. The topological polar surface area (TPSA) is 103 Å². The van der Waals surface area contributed by atoms with Gasteiger partial charge in [-0.25, -0.2) is 9.78 Å². The number of hydrogen-bond donors (Lipinski definition) is 2. The summed E-state index contributed by atoms with van der Waals surface area (Å²) in [6.07, 6.45) is 5.06. The summed E-state index contributed by atoms with van der Waals surface area (Å²) < 4.78 is 11.9. The van der Waals surface area contributed by atoms with Gasteiger partial charge < -0.3 is 24.5 Å². The molecule has 2 N–H and O–H groups in total. The molecule has 2 rings (SSSR count). The van der Waals surface area contributed by atoms with Gasteiger partial charge in [0.2, 0.25) is 5.91 Å². The van der Waals surface area contributed by atoms with Crippen molar-refractivity contribution < 1.29 is 24.2 Å². The number of rotatable bonds is 10. The van der Waals surface area contributed by atoms with E-state index in [1.807, 2.05) is 41.1 Å². The first-order valence-corrected chi connectivity index (χ1v) is 8.72. The molecule has 0 spiro atoms. The van der Waals surface area contributed by atoms with Crippen molar-refractivity contribution in [2.75, 3.05) is 19.8 Å². The Balaban J connectivity index is 1.70. The van der Waals surface area contributed by atoms with Crippen molar-refractivity contribution in [1.82, 2.24) is 14.9 Å². The molecule has 27 heavy (non-hydrogen) atoms. The van der Waals surface area contributed by atoms with E-state index in [-0.39, 0.29) is 19.1 Å². The third-order valence-corrected chi connectivity index (χ3v) is 4.04. The van der Waals surface area contributed by atoms with Crippen molar-refractivity contribution in [3.63, 3.8) is 0 Å². The fourth-order valence-corrected chi connectivity index (χ4v) is 2.26. The summed E-state index contributed by atoms with van der Waals surface area (Å²) in [5, 5.41) is 12.3. The highest BCUT2D eigenvalue weighted by atomic mass is 16.7. The zero-order chi connectivity index (χ0) is 19.5. The number of carbonyl (C=O) groups excluding carboxylic acids is 2. The number of aliphatic hydroxyl groups is 1. The molecule has 1 atom stereocenters. The monoisotopic (exact) mass is 375 g/mol. The Bertz CT molecular complexity index is 705. The van der Waals surface area contributed by atoms with Crippen LogP contribution in [0, 0.1) is 5.41 Å². The van der Waals surface area contributed by atoms with Crippen molar-refractivity contribution in [3.05, 3.63) is 54.6 Å². The number of hydrogen-bond acceptors (Lipinski definition) is 6. The predicted octanol–water partition coefficient (Wildman–Crippen LogP) is 1.74. The first-order valence-electron chi connectivity index (χ1n) is 8.72. The van der Waals surface area contributed by atoms with E-state index in [9.17, 15) is 14.7 Å². The van der Waals surface area contributed by atoms with Gasteiger partial charge in [0.1, 0.15) is 18.6 Å². The van der Waals surface area contributed by atoms with Gasteiger partial charge in [-0.15, -0.1) is 0 Å². The van der Waals surface area contributed by atoms with Crippen molar-refractivity contribution in [1.29, 1.82) is 0 Å². The minimum absolute atomic E-state index is 0.0793. The van der Waals surface area contributed by atoms with E-state index >= 15 is 0 Å². The van der Waals surface area contributed by atoms with Gasteiger partial charge in [-0.1, -0.05) is 30.3 Å². The molecular weight excluding hydrogens is 350 g/mol.